The number of aliphatic hydroxyl groups excluding tert-OH is 1. The van der Waals surface area contributed by atoms with Crippen LogP contribution in [-0.4, -0.2) is 27.7 Å². The molecule has 0 saturated heterocycles. The second kappa shape index (κ2) is 4.57. The zero-order valence-electron chi connectivity index (χ0n) is 14.0. The van der Waals surface area contributed by atoms with Crippen LogP contribution in [0.2, 0.25) is 0 Å². The van der Waals surface area contributed by atoms with Gasteiger partial charge in [0, 0.05) is 11.8 Å². The number of carbonyl (C=O) groups excluding carboxylic acids is 1. The number of ketones is 1. The second-order valence-corrected chi connectivity index (χ2v) is 9.14. The molecule has 4 rings (SSSR count). The highest BCUT2D eigenvalue weighted by molar-refractivity contribution is 5.87. The molecule has 3 heteroatoms. The van der Waals surface area contributed by atoms with Gasteiger partial charge in [-0.1, -0.05) is 13.8 Å². The summed E-state index contributed by atoms with van der Waals surface area (Å²) in [6.45, 7) is 4.43. The Kier molecular flexibility index (Phi) is 3.14. The first kappa shape index (κ1) is 15.1. The Balaban J connectivity index is 1.71. The average Bonchev–Trinajstić information content (AvgIpc) is 2.77. The van der Waals surface area contributed by atoms with E-state index >= 15 is 0 Å². The number of hydrogen-bond donors (Lipinski definition) is 2. The van der Waals surface area contributed by atoms with Gasteiger partial charge in [-0.25, -0.2) is 0 Å². The van der Waals surface area contributed by atoms with Crippen LogP contribution >= 0.6 is 0 Å². The van der Waals surface area contributed by atoms with Gasteiger partial charge in [0.2, 0.25) is 0 Å². The van der Waals surface area contributed by atoms with Crippen LogP contribution in [0.5, 0.6) is 0 Å². The van der Waals surface area contributed by atoms with E-state index in [0.717, 1.165) is 51.4 Å². The highest BCUT2D eigenvalue weighted by Gasteiger charge is 2.66. The van der Waals surface area contributed by atoms with E-state index in [0.29, 0.717) is 24.0 Å². The summed E-state index contributed by atoms with van der Waals surface area (Å²) in [6.07, 6.45) is 7.91. The molecule has 0 aromatic rings. The third-order valence-electron chi connectivity index (χ3n) is 8.53. The lowest BCUT2D eigenvalue weighted by Crippen LogP contribution is -2.65. The van der Waals surface area contributed by atoms with Gasteiger partial charge >= 0.3 is 0 Å². The maximum absolute atomic E-state index is 12.4. The van der Waals surface area contributed by atoms with Crippen molar-refractivity contribution in [3.63, 3.8) is 0 Å². The molecule has 0 aromatic heterocycles. The van der Waals surface area contributed by atoms with Crippen molar-refractivity contribution in [2.45, 2.75) is 83.3 Å². The first-order chi connectivity index (χ1) is 10.3. The lowest BCUT2D eigenvalue weighted by molar-refractivity contribution is -0.236. The van der Waals surface area contributed by atoms with E-state index in [1.165, 1.54) is 0 Å². The molecule has 3 nitrogen and oxygen atoms in total. The van der Waals surface area contributed by atoms with E-state index in [4.69, 9.17) is 0 Å². The summed E-state index contributed by atoms with van der Waals surface area (Å²) in [5, 5.41) is 21.8. The van der Waals surface area contributed by atoms with Gasteiger partial charge < -0.3 is 10.2 Å². The Hall–Kier alpha value is -0.410. The summed E-state index contributed by atoms with van der Waals surface area (Å²) in [5.74, 6) is 1.54. The SMILES string of the molecule is C[C@]12CC[C@@H](O)C[C@@H]1CC[C@H]1[C@@H]3CCC(=O)[C@@]3(C)CC[C@@]12O. The largest absolute Gasteiger partial charge is 0.393 e. The summed E-state index contributed by atoms with van der Waals surface area (Å²) in [5.41, 5.74) is -0.860. The highest BCUT2D eigenvalue weighted by Crippen LogP contribution is 2.67. The fraction of sp³-hybridized carbons (Fsp3) is 0.947. The van der Waals surface area contributed by atoms with Crippen molar-refractivity contribution in [1.29, 1.82) is 0 Å². The molecule has 4 fully saturated rings. The molecule has 22 heavy (non-hydrogen) atoms. The lowest BCUT2D eigenvalue weighted by Gasteiger charge is -2.64. The van der Waals surface area contributed by atoms with Crippen LogP contribution in [0.25, 0.3) is 0 Å². The maximum Gasteiger partial charge on any atom is 0.139 e. The molecule has 124 valence electrons. The normalized spacial score (nSPS) is 57.9. The van der Waals surface area contributed by atoms with Gasteiger partial charge in [0.1, 0.15) is 5.78 Å². The van der Waals surface area contributed by atoms with E-state index in [9.17, 15) is 15.0 Å². The number of carbonyl (C=O) groups is 1. The molecule has 0 spiro atoms. The van der Waals surface area contributed by atoms with Gasteiger partial charge in [0.25, 0.3) is 0 Å². The summed E-state index contributed by atoms with van der Waals surface area (Å²) in [4.78, 5) is 12.4. The molecule has 7 atom stereocenters. The van der Waals surface area contributed by atoms with Crippen molar-refractivity contribution in [1.82, 2.24) is 0 Å². The molecule has 0 radical (unpaired) electrons. The van der Waals surface area contributed by atoms with Gasteiger partial charge in [-0.05, 0) is 74.5 Å². The van der Waals surface area contributed by atoms with Crippen LogP contribution in [0.4, 0.5) is 0 Å². The zero-order valence-corrected chi connectivity index (χ0v) is 14.0. The van der Waals surface area contributed by atoms with Crippen molar-refractivity contribution < 1.29 is 15.0 Å². The van der Waals surface area contributed by atoms with Crippen LogP contribution in [-0.2, 0) is 4.79 Å². The first-order valence-electron chi connectivity index (χ1n) is 9.25. The zero-order chi connectivity index (χ0) is 15.8. The quantitative estimate of drug-likeness (QED) is 0.723. The van der Waals surface area contributed by atoms with E-state index in [1.54, 1.807) is 0 Å². The topological polar surface area (TPSA) is 57.5 Å². The summed E-state index contributed by atoms with van der Waals surface area (Å²) < 4.78 is 0. The van der Waals surface area contributed by atoms with E-state index < -0.39 is 5.60 Å². The predicted molar refractivity (Wildman–Crippen MR) is 84.2 cm³/mol. The Morgan fingerprint density at radius 1 is 1.00 bits per heavy atom. The highest BCUT2D eigenvalue weighted by atomic mass is 16.3. The van der Waals surface area contributed by atoms with Crippen molar-refractivity contribution in [2.24, 2.45) is 28.6 Å². The molecule has 2 N–H and O–H groups in total. The number of aliphatic hydroxyl groups is 2. The van der Waals surface area contributed by atoms with Crippen LogP contribution in [0.15, 0.2) is 0 Å². The minimum atomic E-state index is -0.620. The van der Waals surface area contributed by atoms with E-state index in [1.807, 2.05) is 0 Å². The smallest absolute Gasteiger partial charge is 0.139 e. The number of fused-ring (bicyclic) bond motifs is 5. The number of Topliss-reactive ketones (excluding diaryl/α,β-unsaturated/α-hetero) is 1. The monoisotopic (exact) mass is 306 g/mol. The number of rotatable bonds is 0. The predicted octanol–water partition coefficient (Wildman–Crippen LogP) is 3.07. The van der Waals surface area contributed by atoms with Crippen LogP contribution in [0, 0.1) is 28.6 Å². The molecule has 0 aliphatic heterocycles. The fourth-order valence-electron chi connectivity index (χ4n) is 6.95. The second-order valence-electron chi connectivity index (χ2n) is 9.14. The third-order valence-corrected chi connectivity index (χ3v) is 8.53. The molecule has 0 bridgehead atoms. The van der Waals surface area contributed by atoms with Gasteiger partial charge in [-0.3, -0.25) is 4.79 Å². The van der Waals surface area contributed by atoms with Gasteiger partial charge in [0.15, 0.2) is 0 Å². The molecule has 0 aromatic carbocycles. The van der Waals surface area contributed by atoms with Gasteiger partial charge in [0.05, 0.1) is 11.7 Å². The van der Waals surface area contributed by atoms with Crippen LogP contribution in [0.3, 0.4) is 0 Å². The number of hydrogen-bond acceptors (Lipinski definition) is 3. The average molecular weight is 306 g/mol. The molecule has 0 heterocycles. The van der Waals surface area contributed by atoms with Crippen LogP contribution in [0.1, 0.15) is 71.6 Å². The Labute approximate surface area is 133 Å². The standard InChI is InChI=1S/C19H30O3/c1-17-9-10-19(22)15(14(17)5-6-16(17)21)4-3-12-11-13(20)7-8-18(12,19)2/h12-15,20,22H,3-11H2,1-2H3/t12-,13+,14-,15-,17-,18-,19+/m0/s1. The van der Waals surface area contributed by atoms with Crippen LogP contribution < -0.4 is 0 Å². The Morgan fingerprint density at radius 3 is 2.55 bits per heavy atom. The minimum absolute atomic E-state index is 0.0673. The Morgan fingerprint density at radius 2 is 1.77 bits per heavy atom. The molecular formula is C19H30O3. The summed E-state index contributed by atoms with van der Waals surface area (Å²) in [6, 6.07) is 0. The van der Waals surface area contributed by atoms with Crippen molar-refractivity contribution in [2.75, 3.05) is 0 Å². The lowest BCUT2D eigenvalue weighted by atomic mass is 9.43. The fourth-order valence-corrected chi connectivity index (χ4v) is 6.95. The molecule has 4 aliphatic carbocycles. The molecule has 0 amide bonds. The van der Waals surface area contributed by atoms with Crippen molar-refractivity contribution in [3.8, 4) is 0 Å². The summed E-state index contributed by atoms with van der Waals surface area (Å²) in [7, 11) is 0. The van der Waals surface area contributed by atoms with E-state index in [2.05, 4.69) is 13.8 Å². The molecule has 0 unspecified atom stereocenters. The molecular weight excluding hydrogens is 276 g/mol. The van der Waals surface area contributed by atoms with Gasteiger partial charge in [-0.15, -0.1) is 0 Å². The maximum atomic E-state index is 12.4. The van der Waals surface area contributed by atoms with E-state index in [-0.39, 0.29) is 22.9 Å². The third kappa shape index (κ3) is 1.67. The minimum Gasteiger partial charge on any atom is -0.393 e. The summed E-state index contributed by atoms with van der Waals surface area (Å²) >= 11 is 0. The van der Waals surface area contributed by atoms with Crippen molar-refractivity contribution >= 4 is 5.78 Å². The van der Waals surface area contributed by atoms with Gasteiger partial charge in [-0.2, -0.15) is 0 Å². The molecule has 4 saturated carbocycles. The Bertz CT molecular complexity index is 503. The molecule has 4 aliphatic rings. The van der Waals surface area contributed by atoms with Crippen molar-refractivity contribution in [3.05, 3.63) is 0 Å². The first-order valence-corrected chi connectivity index (χ1v) is 9.25.